The van der Waals surface area contributed by atoms with Gasteiger partial charge in [-0.3, -0.25) is 4.57 Å². The van der Waals surface area contributed by atoms with Gasteiger partial charge in [-0.15, -0.1) is 0 Å². The summed E-state index contributed by atoms with van der Waals surface area (Å²) in [6, 6.07) is 25.9. The number of allylic oxidation sites excluding steroid dienone is 1. The molecule has 3 aliphatic rings. The zero-order valence-electron chi connectivity index (χ0n) is 38.0. The van der Waals surface area contributed by atoms with Crippen molar-refractivity contribution in [2.24, 2.45) is 10.9 Å². The minimum atomic E-state index is -1.44. The summed E-state index contributed by atoms with van der Waals surface area (Å²) < 4.78 is 39.0. The highest BCUT2D eigenvalue weighted by molar-refractivity contribution is 8.65. The standard InChI is InChI=1S/C49H62N4O8PS2/c1-32(2)34-24-25-48(4,41(54)29-34)64-62(63)44-40(61-46(43(44)59-28-27-56-6)53-30-33(3)45(51-47(53)55)50-42-15-12-26-52(42)5)31-60-49(35-13-10-9-11-14-35,36-16-20-38(57-7)21-17-36)37-18-22-39(58-8)23-19-37/h9-11,13-14,16-23,30,34,40-41,43-44,46,54H,1,12,15,24-29,31H2,2-8H3/q+1/t34?,40-,41-,43-,44-,46-,48-/m1/s1. The number of rotatable bonds is 18. The molecule has 1 saturated carbocycles. The first-order valence-corrected chi connectivity index (χ1v) is 25.8. The van der Waals surface area contributed by atoms with Crippen molar-refractivity contribution < 1.29 is 33.5 Å². The van der Waals surface area contributed by atoms with Gasteiger partial charge in [0.15, 0.2) is 35.6 Å². The summed E-state index contributed by atoms with van der Waals surface area (Å²) in [4.78, 5) is 25.7. The molecule has 12 nitrogen and oxygen atoms in total. The van der Waals surface area contributed by atoms with Crippen molar-refractivity contribution in [2.45, 2.75) is 93.4 Å². The SMILES string of the molecule is C=C(C)C1CC[C@@](C)(S[P+](=S)[C@H]2[C@@H](OCCOC)[C@H](n3cc(C)c(N=C4CCCN4C)nc3=O)O[C@@H]2COC(c2ccccc2)(c2ccc(OC)cc2)c2ccc(OC)cc2)[C@H](O)C1. The normalized spacial score (nSPS) is 25.7. The number of aliphatic hydroxyl groups is 1. The van der Waals surface area contributed by atoms with Crippen LogP contribution in [-0.4, -0.2) is 109 Å². The lowest BCUT2D eigenvalue weighted by Crippen LogP contribution is -2.43. The zero-order chi connectivity index (χ0) is 45.6. The van der Waals surface area contributed by atoms with Gasteiger partial charge < -0.3 is 38.4 Å². The molecule has 3 heterocycles. The molecule has 0 spiro atoms. The van der Waals surface area contributed by atoms with Crippen LogP contribution in [0.15, 0.2) is 107 Å². The summed E-state index contributed by atoms with van der Waals surface area (Å²) in [6.07, 6.45) is 3.03. The number of aromatic nitrogens is 2. The number of methoxy groups -OCH3 is 3. The number of hydrogen-bond donors (Lipinski definition) is 1. The summed E-state index contributed by atoms with van der Waals surface area (Å²) >= 11 is 8.28. The Balaban J connectivity index is 1.34. The van der Waals surface area contributed by atoms with Crippen LogP contribution in [-0.2, 0) is 36.4 Å². The Labute approximate surface area is 387 Å². The van der Waals surface area contributed by atoms with Crippen LogP contribution in [0.3, 0.4) is 0 Å². The lowest BCUT2D eigenvalue weighted by Gasteiger charge is -2.39. The van der Waals surface area contributed by atoms with Crippen LogP contribution in [0.2, 0.25) is 0 Å². The van der Waals surface area contributed by atoms with Gasteiger partial charge in [0.05, 0.1) is 44.9 Å². The van der Waals surface area contributed by atoms with E-state index >= 15 is 0 Å². The van der Waals surface area contributed by atoms with Gasteiger partial charge in [-0.05, 0) is 93.3 Å². The highest BCUT2D eigenvalue weighted by Crippen LogP contribution is 2.61. The van der Waals surface area contributed by atoms with Crippen LogP contribution >= 0.6 is 17.3 Å². The Kier molecular flexibility index (Phi) is 15.8. The lowest BCUT2D eigenvalue weighted by molar-refractivity contribution is -0.0981. The number of likely N-dealkylation sites (tertiary alicyclic amines) is 1. The van der Waals surface area contributed by atoms with E-state index in [0.29, 0.717) is 30.3 Å². The van der Waals surface area contributed by atoms with E-state index in [0.717, 1.165) is 65.9 Å². The largest absolute Gasteiger partial charge is 0.497 e. The van der Waals surface area contributed by atoms with Gasteiger partial charge in [0, 0.05) is 38.9 Å². The molecule has 2 aliphatic heterocycles. The van der Waals surface area contributed by atoms with E-state index in [9.17, 15) is 9.90 Å². The average molecular weight is 930 g/mol. The fourth-order valence-corrected chi connectivity index (χ4v) is 16.2. The van der Waals surface area contributed by atoms with Gasteiger partial charge in [-0.1, -0.05) is 66.7 Å². The number of ether oxygens (including phenoxy) is 6. The van der Waals surface area contributed by atoms with Crippen molar-refractivity contribution in [1.82, 2.24) is 14.5 Å². The number of aryl methyl sites for hydroxylation is 1. The summed E-state index contributed by atoms with van der Waals surface area (Å²) in [7, 11) is 6.92. The molecule has 342 valence electrons. The number of nitrogens with zero attached hydrogens (tertiary/aromatic N) is 4. The van der Waals surface area contributed by atoms with E-state index in [-0.39, 0.29) is 19.1 Å². The van der Waals surface area contributed by atoms with Gasteiger partial charge in [0.2, 0.25) is 0 Å². The van der Waals surface area contributed by atoms with E-state index in [1.165, 1.54) is 4.57 Å². The Morgan fingerprint density at radius 2 is 1.67 bits per heavy atom. The van der Waals surface area contributed by atoms with Gasteiger partial charge in [-0.25, -0.2) is 9.79 Å². The maximum Gasteiger partial charge on any atom is 0.351 e. The summed E-state index contributed by atoms with van der Waals surface area (Å²) in [5.41, 5.74) is 2.33. The number of benzene rings is 3. The Morgan fingerprint density at radius 3 is 2.23 bits per heavy atom. The van der Waals surface area contributed by atoms with Crippen LogP contribution in [0, 0.1) is 12.8 Å². The van der Waals surface area contributed by atoms with Gasteiger partial charge in [0.25, 0.3) is 5.90 Å². The minimum Gasteiger partial charge on any atom is -0.497 e. The number of hydrogen-bond acceptors (Lipinski definition) is 12. The molecule has 2 unspecified atom stereocenters. The lowest BCUT2D eigenvalue weighted by atomic mass is 9.77. The molecule has 3 fully saturated rings. The van der Waals surface area contributed by atoms with Crippen molar-refractivity contribution in [3.8, 4) is 11.5 Å². The molecule has 0 amide bonds. The quantitative estimate of drug-likeness (QED) is 0.0444. The van der Waals surface area contributed by atoms with E-state index in [1.54, 1.807) is 38.9 Å². The fraction of sp³-hybridized carbons (Fsp3) is 0.490. The van der Waals surface area contributed by atoms with E-state index in [1.807, 2.05) is 87.6 Å². The minimum absolute atomic E-state index is 0.0600. The molecule has 7 rings (SSSR count). The molecule has 2 saturated heterocycles. The monoisotopic (exact) mass is 929 g/mol. The molecule has 1 aliphatic carbocycles. The van der Waals surface area contributed by atoms with Crippen molar-refractivity contribution in [2.75, 3.05) is 54.7 Å². The van der Waals surface area contributed by atoms with Crippen LogP contribution in [0.4, 0.5) is 5.82 Å². The topological polar surface area (TPSA) is 126 Å². The van der Waals surface area contributed by atoms with Crippen molar-refractivity contribution in [3.63, 3.8) is 0 Å². The average Bonchev–Trinajstić information content (AvgIpc) is 3.88. The first kappa shape index (κ1) is 48.0. The molecular formula is C49H62N4O8PS2+. The molecule has 15 heteroatoms. The molecule has 8 atom stereocenters. The second kappa shape index (κ2) is 21.1. The number of aliphatic imine (C=N–C) groups is 1. The molecule has 4 aromatic rings. The second-order valence-electron chi connectivity index (χ2n) is 17.2. The Bertz CT molecular complexity index is 2280. The van der Waals surface area contributed by atoms with Crippen LogP contribution in [0.25, 0.3) is 0 Å². The highest BCUT2D eigenvalue weighted by Gasteiger charge is 2.58. The first-order valence-electron chi connectivity index (χ1n) is 21.9. The fourth-order valence-electron chi connectivity index (χ4n) is 9.06. The van der Waals surface area contributed by atoms with Crippen LogP contribution in [0.1, 0.15) is 74.4 Å². The smallest absolute Gasteiger partial charge is 0.351 e. The number of aliphatic hydroxyl groups excluding tert-OH is 1. The van der Waals surface area contributed by atoms with E-state index in [2.05, 4.69) is 35.5 Å². The molecular weight excluding hydrogens is 868 g/mol. The predicted octanol–water partition coefficient (Wildman–Crippen LogP) is 8.72. The van der Waals surface area contributed by atoms with Gasteiger partial charge in [-0.2, -0.15) is 4.98 Å². The highest BCUT2D eigenvalue weighted by atomic mass is 32.9. The molecule has 0 bridgehead atoms. The summed E-state index contributed by atoms with van der Waals surface area (Å²) in [6.45, 7) is 11.8. The summed E-state index contributed by atoms with van der Waals surface area (Å²) in [5, 5.41) is 11.8. The van der Waals surface area contributed by atoms with Gasteiger partial charge in [0.1, 0.15) is 40.4 Å². The maximum atomic E-state index is 14.3. The third-order valence-electron chi connectivity index (χ3n) is 12.9. The predicted molar refractivity (Wildman–Crippen MR) is 258 cm³/mol. The van der Waals surface area contributed by atoms with E-state index < -0.39 is 52.1 Å². The first-order chi connectivity index (χ1) is 30.8. The molecule has 1 aromatic heterocycles. The van der Waals surface area contributed by atoms with Crippen LogP contribution in [0.5, 0.6) is 11.5 Å². The maximum absolute atomic E-state index is 14.3. The zero-order valence-corrected chi connectivity index (χ0v) is 40.5. The second-order valence-corrected chi connectivity index (χ2v) is 23.1. The van der Waals surface area contributed by atoms with Crippen molar-refractivity contribution in [1.29, 1.82) is 0 Å². The van der Waals surface area contributed by atoms with Gasteiger partial charge >= 0.3 is 5.69 Å². The van der Waals surface area contributed by atoms with Crippen LogP contribution < -0.4 is 15.2 Å². The molecule has 1 N–H and O–H groups in total. The summed E-state index contributed by atoms with van der Waals surface area (Å²) in [5.74, 6) is 1.52. The molecule has 0 radical (unpaired) electrons. The third kappa shape index (κ3) is 10.2. The molecule has 3 aromatic carbocycles. The van der Waals surface area contributed by atoms with Crippen molar-refractivity contribution in [3.05, 3.63) is 130 Å². The van der Waals surface area contributed by atoms with E-state index in [4.69, 9.17) is 45.2 Å². The Morgan fingerprint density at radius 1 is 1.03 bits per heavy atom. The third-order valence-corrected chi connectivity index (χ3v) is 19.0. The number of amidine groups is 1. The molecule has 64 heavy (non-hydrogen) atoms. The Hall–Kier alpha value is -3.98. The van der Waals surface area contributed by atoms with Crippen molar-refractivity contribution >= 4 is 40.7 Å².